The van der Waals surface area contributed by atoms with Crippen molar-refractivity contribution >= 4 is 52.5 Å². The van der Waals surface area contributed by atoms with Crippen LogP contribution in [-0.2, 0) is 22.4 Å². The van der Waals surface area contributed by atoms with E-state index < -0.39 is 17.8 Å². The van der Waals surface area contributed by atoms with E-state index in [2.05, 4.69) is 11.4 Å². The van der Waals surface area contributed by atoms with E-state index in [9.17, 15) is 19.6 Å². The third-order valence-electron chi connectivity index (χ3n) is 6.41. The van der Waals surface area contributed by atoms with Gasteiger partial charge < -0.3 is 4.57 Å². The number of nitrogens with one attached hydrogen (secondary N) is 1. The van der Waals surface area contributed by atoms with Crippen LogP contribution in [0.15, 0.2) is 35.9 Å². The standard InChI is InChI=1S/C26H21ClN4O3S/c1-14-10-16(15(2)30(14)25-21(13-28)19-8-3-4-9-22(19)35-25)11-20-23(32)29-26(34)31(24(20)33)18-7-5-6-17(27)12-18/h5-7,10-12H,3-4,8-9H2,1-2H3,(H,29,32,34). The van der Waals surface area contributed by atoms with Crippen LogP contribution in [0.2, 0.25) is 5.02 Å². The number of carbonyl (C=O) groups is 3. The Hall–Kier alpha value is -3.67. The third kappa shape index (κ3) is 3.87. The Bertz CT molecular complexity index is 1490. The van der Waals surface area contributed by atoms with E-state index in [0.29, 0.717) is 16.1 Å². The van der Waals surface area contributed by atoms with Crippen molar-refractivity contribution in [2.24, 2.45) is 0 Å². The molecule has 0 saturated carbocycles. The van der Waals surface area contributed by atoms with Crippen LogP contribution in [-0.4, -0.2) is 22.4 Å². The fraction of sp³-hybridized carbons (Fsp3) is 0.231. The number of thiophene rings is 1. The quantitative estimate of drug-likeness (QED) is 0.390. The predicted molar refractivity (Wildman–Crippen MR) is 135 cm³/mol. The zero-order chi connectivity index (χ0) is 24.9. The number of halogens is 1. The Morgan fingerprint density at radius 1 is 1.14 bits per heavy atom. The van der Waals surface area contributed by atoms with Gasteiger partial charge in [0.1, 0.15) is 16.6 Å². The topological polar surface area (TPSA) is 95.2 Å². The van der Waals surface area contributed by atoms with Gasteiger partial charge in [-0.25, -0.2) is 9.69 Å². The van der Waals surface area contributed by atoms with Gasteiger partial charge in [-0.1, -0.05) is 17.7 Å². The van der Waals surface area contributed by atoms with Gasteiger partial charge in [-0.3, -0.25) is 14.9 Å². The highest BCUT2D eigenvalue weighted by atomic mass is 35.5. The highest BCUT2D eigenvalue weighted by Crippen LogP contribution is 2.38. The van der Waals surface area contributed by atoms with E-state index >= 15 is 0 Å². The molecule has 2 aromatic heterocycles. The molecule has 5 rings (SSSR count). The van der Waals surface area contributed by atoms with Crippen LogP contribution < -0.4 is 10.2 Å². The summed E-state index contributed by atoms with van der Waals surface area (Å²) in [6, 6.07) is 9.76. The number of imide groups is 2. The normalized spacial score (nSPS) is 16.9. The summed E-state index contributed by atoms with van der Waals surface area (Å²) in [6.45, 7) is 3.82. The van der Waals surface area contributed by atoms with Crippen molar-refractivity contribution in [2.45, 2.75) is 39.5 Å². The molecule has 1 fully saturated rings. The van der Waals surface area contributed by atoms with Gasteiger partial charge >= 0.3 is 6.03 Å². The maximum Gasteiger partial charge on any atom is 0.335 e. The molecule has 2 aliphatic rings. The Balaban J connectivity index is 1.58. The first-order valence-corrected chi connectivity index (χ1v) is 12.4. The van der Waals surface area contributed by atoms with Crippen LogP contribution in [0.1, 0.15) is 45.8 Å². The molecule has 7 nitrogen and oxygen atoms in total. The van der Waals surface area contributed by atoms with Crippen molar-refractivity contribution in [2.75, 3.05) is 4.90 Å². The monoisotopic (exact) mass is 504 g/mol. The second-order valence-corrected chi connectivity index (χ2v) is 10.1. The zero-order valence-electron chi connectivity index (χ0n) is 19.1. The number of hydrogen-bond acceptors (Lipinski definition) is 5. The fourth-order valence-electron chi connectivity index (χ4n) is 4.73. The van der Waals surface area contributed by atoms with Crippen molar-refractivity contribution in [1.29, 1.82) is 5.26 Å². The summed E-state index contributed by atoms with van der Waals surface area (Å²) >= 11 is 7.68. The molecule has 3 aromatic rings. The van der Waals surface area contributed by atoms with Gasteiger partial charge in [0.15, 0.2) is 0 Å². The van der Waals surface area contributed by atoms with Gasteiger partial charge in [-0.2, -0.15) is 5.26 Å². The average Bonchev–Trinajstić information content (AvgIpc) is 3.32. The molecule has 0 spiro atoms. The average molecular weight is 505 g/mol. The largest absolute Gasteiger partial charge is 0.335 e. The summed E-state index contributed by atoms with van der Waals surface area (Å²) in [5, 5.41) is 13.4. The number of carbonyl (C=O) groups excluding carboxylic acids is 3. The molecule has 176 valence electrons. The number of benzene rings is 1. The molecule has 4 amide bonds. The van der Waals surface area contributed by atoms with Gasteiger partial charge in [0.05, 0.1) is 11.3 Å². The lowest BCUT2D eigenvalue weighted by Crippen LogP contribution is -2.54. The first kappa shape index (κ1) is 23.1. The summed E-state index contributed by atoms with van der Waals surface area (Å²) in [6.07, 6.45) is 5.59. The number of urea groups is 1. The van der Waals surface area contributed by atoms with E-state index in [4.69, 9.17) is 11.6 Å². The second-order valence-electron chi connectivity index (χ2n) is 8.60. The fourth-order valence-corrected chi connectivity index (χ4v) is 6.37. The Morgan fingerprint density at radius 3 is 2.66 bits per heavy atom. The molecule has 35 heavy (non-hydrogen) atoms. The molecule has 9 heteroatoms. The number of amides is 4. The molecule has 0 radical (unpaired) electrons. The molecule has 0 unspecified atom stereocenters. The van der Waals surface area contributed by atoms with Crippen LogP contribution in [0.25, 0.3) is 11.1 Å². The van der Waals surface area contributed by atoms with Crippen LogP contribution in [0.3, 0.4) is 0 Å². The summed E-state index contributed by atoms with van der Waals surface area (Å²) in [5.41, 5.74) is 4.31. The van der Waals surface area contributed by atoms with Crippen molar-refractivity contribution in [3.05, 3.63) is 73.9 Å². The number of aromatic nitrogens is 1. The van der Waals surface area contributed by atoms with Gasteiger partial charge in [0, 0.05) is 21.3 Å². The molecule has 3 heterocycles. The SMILES string of the molecule is Cc1cc(C=C2C(=O)NC(=O)N(c3cccc(Cl)c3)C2=O)c(C)n1-c1sc2c(c1C#N)CCCC2. The zero-order valence-corrected chi connectivity index (χ0v) is 20.7. The summed E-state index contributed by atoms with van der Waals surface area (Å²) in [4.78, 5) is 40.5. The molecule has 1 saturated heterocycles. The predicted octanol–water partition coefficient (Wildman–Crippen LogP) is 5.23. The van der Waals surface area contributed by atoms with E-state index in [1.165, 1.54) is 17.0 Å². The van der Waals surface area contributed by atoms with Crippen LogP contribution in [0.5, 0.6) is 0 Å². The lowest BCUT2D eigenvalue weighted by atomic mass is 9.96. The lowest BCUT2D eigenvalue weighted by molar-refractivity contribution is -0.122. The number of rotatable bonds is 3. The maximum atomic E-state index is 13.3. The Morgan fingerprint density at radius 2 is 1.91 bits per heavy atom. The minimum absolute atomic E-state index is 0.157. The van der Waals surface area contributed by atoms with E-state index in [1.54, 1.807) is 29.5 Å². The molecule has 1 aliphatic heterocycles. The van der Waals surface area contributed by atoms with Gasteiger partial charge in [0.25, 0.3) is 11.8 Å². The van der Waals surface area contributed by atoms with Gasteiger partial charge in [-0.05, 0) is 81.0 Å². The summed E-state index contributed by atoms with van der Waals surface area (Å²) in [7, 11) is 0. The number of fused-ring (bicyclic) bond motifs is 1. The summed E-state index contributed by atoms with van der Waals surface area (Å²) in [5.74, 6) is -1.48. The van der Waals surface area contributed by atoms with Gasteiger partial charge in [-0.15, -0.1) is 11.3 Å². The molecular weight excluding hydrogens is 484 g/mol. The van der Waals surface area contributed by atoms with Crippen LogP contribution in [0.4, 0.5) is 10.5 Å². The maximum absolute atomic E-state index is 13.3. The number of nitrogens with zero attached hydrogens (tertiary/aromatic N) is 3. The summed E-state index contributed by atoms with van der Waals surface area (Å²) < 4.78 is 2.01. The Kier molecular flexibility index (Phi) is 5.83. The van der Waals surface area contributed by atoms with E-state index in [1.807, 2.05) is 24.5 Å². The van der Waals surface area contributed by atoms with Crippen LogP contribution >= 0.6 is 22.9 Å². The first-order valence-electron chi connectivity index (χ1n) is 11.2. The highest BCUT2D eigenvalue weighted by Gasteiger charge is 2.37. The minimum atomic E-state index is -0.826. The molecule has 1 aliphatic carbocycles. The first-order chi connectivity index (χ1) is 16.8. The lowest BCUT2D eigenvalue weighted by Gasteiger charge is -2.26. The van der Waals surface area contributed by atoms with E-state index in [0.717, 1.165) is 52.5 Å². The number of aryl methyl sites for hydroxylation is 2. The molecule has 0 atom stereocenters. The molecule has 1 N–H and O–H groups in total. The number of nitriles is 1. The van der Waals surface area contributed by atoms with Crippen molar-refractivity contribution < 1.29 is 14.4 Å². The minimum Gasteiger partial charge on any atom is -0.308 e. The molecule has 1 aromatic carbocycles. The molecular formula is C26H21ClN4O3S. The highest BCUT2D eigenvalue weighted by molar-refractivity contribution is 7.15. The number of anilines is 1. The molecule has 0 bridgehead atoms. The van der Waals surface area contributed by atoms with Crippen molar-refractivity contribution in [1.82, 2.24) is 9.88 Å². The Labute approximate surface area is 211 Å². The van der Waals surface area contributed by atoms with Crippen molar-refractivity contribution in [3.63, 3.8) is 0 Å². The third-order valence-corrected chi connectivity index (χ3v) is 7.92. The van der Waals surface area contributed by atoms with Gasteiger partial charge in [0.2, 0.25) is 0 Å². The second kappa shape index (κ2) is 8.84. The number of hydrogen-bond donors (Lipinski definition) is 1. The smallest absolute Gasteiger partial charge is 0.308 e. The van der Waals surface area contributed by atoms with Crippen LogP contribution in [0, 0.1) is 25.2 Å². The van der Waals surface area contributed by atoms with E-state index in [-0.39, 0.29) is 11.3 Å². The van der Waals surface area contributed by atoms with Crippen molar-refractivity contribution in [3.8, 4) is 11.1 Å². The number of barbiturate groups is 1.